The van der Waals surface area contributed by atoms with Gasteiger partial charge in [-0.05, 0) is 55.6 Å². The highest BCUT2D eigenvalue weighted by Gasteiger charge is 2.16. The first-order valence-corrected chi connectivity index (χ1v) is 7.25. The van der Waals surface area contributed by atoms with Gasteiger partial charge in [0, 0.05) is 10.9 Å². The van der Waals surface area contributed by atoms with Gasteiger partial charge in [-0.1, -0.05) is 22.9 Å². The summed E-state index contributed by atoms with van der Waals surface area (Å²) in [5, 5.41) is 3.44. The maximum absolute atomic E-state index is 5.72. The lowest BCUT2D eigenvalue weighted by molar-refractivity contribution is 0.353. The lowest BCUT2D eigenvalue weighted by Crippen LogP contribution is -2.16. The van der Waals surface area contributed by atoms with E-state index in [1.54, 1.807) is 0 Å². The van der Waals surface area contributed by atoms with Crippen molar-refractivity contribution >= 4 is 15.9 Å². The fourth-order valence-electron chi connectivity index (χ4n) is 2.24. The molecule has 0 aromatic heterocycles. The van der Waals surface area contributed by atoms with Gasteiger partial charge in [0.2, 0.25) is 0 Å². The minimum atomic E-state index is 0.840. The molecular formula is C14H20BrNO. The van der Waals surface area contributed by atoms with E-state index in [1.165, 1.54) is 28.4 Å². The SMILES string of the molecule is CCCNCCCc1cc(Br)cc2c1OCC2. The fraction of sp³-hybridized carbons (Fsp3) is 0.571. The number of rotatable bonds is 6. The predicted molar refractivity (Wildman–Crippen MR) is 74.8 cm³/mol. The average molecular weight is 298 g/mol. The summed E-state index contributed by atoms with van der Waals surface area (Å²) in [5.41, 5.74) is 2.71. The summed E-state index contributed by atoms with van der Waals surface area (Å²) in [4.78, 5) is 0. The van der Waals surface area contributed by atoms with E-state index in [0.29, 0.717) is 0 Å². The first kappa shape index (κ1) is 12.9. The summed E-state index contributed by atoms with van der Waals surface area (Å²) in [6.45, 7) is 5.25. The summed E-state index contributed by atoms with van der Waals surface area (Å²) >= 11 is 3.58. The molecule has 0 atom stereocenters. The number of benzene rings is 1. The molecule has 0 saturated heterocycles. The molecule has 2 rings (SSSR count). The predicted octanol–water partition coefficient (Wildman–Crippen LogP) is 3.32. The molecule has 1 aromatic carbocycles. The molecule has 1 aromatic rings. The molecule has 0 aliphatic carbocycles. The first-order valence-electron chi connectivity index (χ1n) is 6.46. The van der Waals surface area contributed by atoms with Gasteiger partial charge in [0.15, 0.2) is 0 Å². The van der Waals surface area contributed by atoms with Gasteiger partial charge in [-0.3, -0.25) is 0 Å². The molecule has 1 N–H and O–H groups in total. The number of ether oxygens (including phenoxy) is 1. The van der Waals surface area contributed by atoms with Crippen LogP contribution in [0.15, 0.2) is 16.6 Å². The molecule has 2 nitrogen and oxygen atoms in total. The molecular weight excluding hydrogens is 278 g/mol. The number of nitrogens with one attached hydrogen (secondary N) is 1. The average Bonchev–Trinajstić information content (AvgIpc) is 2.76. The third-order valence-electron chi connectivity index (χ3n) is 3.05. The number of hydrogen-bond donors (Lipinski definition) is 1. The Morgan fingerprint density at radius 3 is 3.06 bits per heavy atom. The van der Waals surface area contributed by atoms with Crippen LogP contribution in [0.5, 0.6) is 5.75 Å². The van der Waals surface area contributed by atoms with Crippen LogP contribution in [0.2, 0.25) is 0 Å². The van der Waals surface area contributed by atoms with Crippen molar-refractivity contribution in [1.29, 1.82) is 0 Å². The number of aryl methyl sites for hydroxylation is 1. The Bertz CT molecular complexity index is 379. The van der Waals surface area contributed by atoms with Gasteiger partial charge in [-0.15, -0.1) is 0 Å². The van der Waals surface area contributed by atoms with Crippen LogP contribution >= 0.6 is 15.9 Å². The molecule has 17 heavy (non-hydrogen) atoms. The molecule has 0 spiro atoms. The van der Waals surface area contributed by atoms with Crippen molar-refractivity contribution in [1.82, 2.24) is 5.32 Å². The largest absolute Gasteiger partial charge is 0.493 e. The van der Waals surface area contributed by atoms with E-state index in [9.17, 15) is 0 Å². The second-order valence-electron chi connectivity index (χ2n) is 4.51. The van der Waals surface area contributed by atoms with Crippen LogP contribution in [0.25, 0.3) is 0 Å². The zero-order chi connectivity index (χ0) is 12.1. The third kappa shape index (κ3) is 3.46. The molecule has 0 fully saturated rings. The van der Waals surface area contributed by atoms with Gasteiger partial charge in [0.25, 0.3) is 0 Å². The lowest BCUT2D eigenvalue weighted by atomic mass is 10.0. The van der Waals surface area contributed by atoms with E-state index >= 15 is 0 Å². The molecule has 94 valence electrons. The molecule has 1 aliphatic rings. The standard InChI is InChI=1S/C14H20BrNO/c1-2-6-16-7-3-4-11-9-13(15)10-12-5-8-17-14(11)12/h9-10,16H,2-8H2,1H3. The minimum absolute atomic E-state index is 0.840. The van der Waals surface area contributed by atoms with E-state index in [0.717, 1.165) is 38.3 Å². The summed E-state index contributed by atoms with van der Waals surface area (Å²) in [5.74, 6) is 1.14. The lowest BCUT2D eigenvalue weighted by Gasteiger charge is -2.09. The molecule has 0 amide bonds. The normalized spacial score (nSPS) is 13.5. The highest BCUT2D eigenvalue weighted by Crippen LogP contribution is 2.33. The van der Waals surface area contributed by atoms with Gasteiger partial charge >= 0.3 is 0 Å². The van der Waals surface area contributed by atoms with E-state index in [2.05, 4.69) is 40.3 Å². The Hall–Kier alpha value is -0.540. The van der Waals surface area contributed by atoms with E-state index in [1.807, 2.05) is 0 Å². The van der Waals surface area contributed by atoms with E-state index in [4.69, 9.17) is 4.74 Å². The Balaban J connectivity index is 1.92. The van der Waals surface area contributed by atoms with Gasteiger partial charge in [-0.2, -0.15) is 0 Å². The summed E-state index contributed by atoms with van der Waals surface area (Å²) in [7, 11) is 0. The molecule has 0 bridgehead atoms. The van der Waals surface area contributed by atoms with Crippen molar-refractivity contribution in [2.45, 2.75) is 32.6 Å². The second kappa shape index (κ2) is 6.41. The van der Waals surface area contributed by atoms with Gasteiger partial charge in [-0.25, -0.2) is 0 Å². The van der Waals surface area contributed by atoms with Gasteiger partial charge in [0.05, 0.1) is 6.61 Å². The van der Waals surface area contributed by atoms with Crippen LogP contribution in [0.1, 0.15) is 30.9 Å². The van der Waals surface area contributed by atoms with Crippen molar-refractivity contribution in [3.8, 4) is 5.75 Å². The monoisotopic (exact) mass is 297 g/mol. The summed E-state index contributed by atoms with van der Waals surface area (Å²) in [6.07, 6.45) is 4.52. The van der Waals surface area contributed by atoms with Crippen LogP contribution in [0.4, 0.5) is 0 Å². The van der Waals surface area contributed by atoms with Crippen molar-refractivity contribution in [3.63, 3.8) is 0 Å². The quantitative estimate of drug-likeness (QED) is 0.814. The summed E-state index contributed by atoms with van der Waals surface area (Å²) < 4.78 is 6.90. The molecule has 0 saturated carbocycles. The molecule has 3 heteroatoms. The topological polar surface area (TPSA) is 21.3 Å². The minimum Gasteiger partial charge on any atom is -0.493 e. The Labute approximate surface area is 112 Å². The highest BCUT2D eigenvalue weighted by atomic mass is 79.9. The number of fused-ring (bicyclic) bond motifs is 1. The Kier molecular flexibility index (Phi) is 4.86. The molecule has 0 unspecified atom stereocenters. The maximum Gasteiger partial charge on any atom is 0.125 e. The smallest absolute Gasteiger partial charge is 0.125 e. The molecule has 1 aliphatic heterocycles. The van der Waals surface area contributed by atoms with Crippen LogP contribution in [0.3, 0.4) is 0 Å². The highest BCUT2D eigenvalue weighted by molar-refractivity contribution is 9.10. The second-order valence-corrected chi connectivity index (χ2v) is 5.42. The maximum atomic E-state index is 5.72. The van der Waals surface area contributed by atoms with Crippen LogP contribution in [0, 0.1) is 0 Å². The third-order valence-corrected chi connectivity index (χ3v) is 3.51. The van der Waals surface area contributed by atoms with Crippen molar-refractivity contribution in [3.05, 3.63) is 27.7 Å². The van der Waals surface area contributed by atoms with Crippen molar-refractivity contribution < 1.29 is 4.74 Å². The molecule has 0 radical (unpaired) electrons. The number of halogens is 1. The first-order chi connectivity index (χ1) is 8.31. The van der Waals surface area contributed by atoms with Crippen molar-refractivity contribution in [2.75, 3.05) is 19.7 Å². The van der Waals surface area contributed by atoms with Crippen LogP contribution in [-0.4, -0.2) is 19.7 Å². The van der Waals surface area contributed by atoms with E-state index < -0.39 is 0 Å². The number of hydrogen-bond acceptors (Lipinski definition) is 2. The fourth-order valence-corrected chi connectivity index (χ4v) is 2.79. The van der Waals surface area contributed by atoms with E-state index in [-0.39, 0.29) is 0 Å². The zero-order valence-corrected chi connectivity index (χ0v) is 12.0. The van der Waals surface area contributed by atoms with Crippen LogP contribution < -0.4 is 10.1 Å². The summed E-state index contributed by atoms with van der Waals surface area (Å²) in [6, 6.07) is 4.38. The zero-order valence-electron chi connectivity index (χ0n) is 10.4. The molecule has 1 heterocycles. The Morgan fingerprint density at radius 1 is 1.35 bits per heavy atom. The van der Waals surface area contributed by atoms with Gasteiger partial charge < -0.3 is 10.1 Å². The van der Waals surface area contributed by atoms with Gasteiger partial charge in [0.1, 0.15) is 5.75 Å². The van der Waals surface area contributed by atoms with Crippen molar-refractivity contribution in [2.24, 2.45) is 0 Å². The Morgan fingerprint density at radius 2 is 2.24 bits per heavy atom. The van der Waals surface area contributed by atoms with Crippen LogP contribution in [-0.2, 0) is 12.8 Å².